The summed E-state index contributed by atoms with van der Waals surface area (Å²) in [6.45, 7) is -1.76. The van der Waals surface area contributed by atoms with Crippen LogP contribution in [0.1, 0.15) is 2.74 Å². The maximum absolute atomic E-state index is 9.99. The quantitative estimate of drug-likeness (QED) is 0.367. The Morgan fingerprint density at radius 2 is 3.00 bits per heavy atom. The Morgan fingerprint density at radius 1 is 2.43 bits per heavy atom. The van der Waals surface area contributed by atoms with Crippen LogP contribution >= 0.6 is 0 Å². The number of carbonyl (C=O) groups is 1. The third kappa shape index (κ3) is 1.69. The number of nitrogens with zero attached hydrogens (tertiary/aromatic N) is 2. The van der Waals surface area contributed by atoms with Gasteiger partial charge in [-0.15, -0.1) is 4.91 Å². The topological polar surface area (TPSA) is 75.8 Å². The first-order valence-corrected chi connectivity index (χ1v) is 1.36. The van der Waals surface area contributed by atoms with Gasteiger partial charge in [0.15, 0.2) is 0 Å². The number of primary amides is 1. The van der Waals surface area contributed by atoms with Gasteiger partial charge in [0, 0.05) is 9.74 Å². The average Bonchev–Trinajstić information content (AvgIpc) is 1.64. The van der Waals surface area contributed by atoms with Gasteiger partial charge in [-0.05, 0) is 0 Å². The third-order valence-electron chi connectivity index (χ3n) is 0.314. The first-order valence-electron chi connectivity index (χ1n) is 2.51. The molecule has 2 N–H and O–H groups in total. The van der Waals surface area contributed by atoms with Crippen LogP contribution in [0.3, 0.4) is 0 Å². The van der Waals surface area contributed by atoms with E-state index >= 15 is 0 Å². The van der Waals surface area contributed by atoms with E-state index in [2.05, 4.69) is 5.73 Å². The van der Waals surface area contributed by atoms with E-state index in [0.29, 0.717) is 0 Å². The van der Waals surface area contributed by atoms with Crippen LogP contribution in [0.4, 0.5) is 4.79 Å². The van der Waals surface area contributed by atoms with Gasteiger partial charge in [-0.2, -0.15) is 5.01 Å². The smallest absolute Gasteiger partial charge is 0.337 e. The van der Waals surface area contributed by atoms with Crippen molar-refractivity contribution in [1.82, 2.24) is 5.01 Å². The summed E-state index contributed by atoms with van der Waals surface area (Å²) >= 11 is 0. The minimum atomic E-state index is -1.76. The van der Waals surface area contributed by atoms with Gasteiger partial charge in [-0.3, -0.25) is 0 Å². The van der Waals surface area contributed by atoms with E-state index in [1.165, 1.54) is 0 Å². The summed E-state index contributed by atoms with van der Waals surface area (Å²) in [5.74, 6) is 0. The highest BCUT2D eigenvalue weighted by Gasteiger charge is 1.97. The van der Waals surface area contributed by atoms with Crippen LogP contribution in [0.25, 0.3) is 0 Å². The van der Waals surface area contributed by atoms with Crippen molar-refractivity contribution in [2.75, 3.05) is 7.00 Å². The van der Waals surface area contributed by atoms with Gasteiger partial charge >= 0.3 is 6.03 Å². The average molecular weight is 106 g/mol. The molecular formula is C2H5N3O2. The number of urea groups is 1. The van der Waals surface area contributed by atoms with Gasteiger partial charge in [0.05, 0.1) is 5.29 Å². The van der Waals surface area contributed by atoms with Crippen LogP contribution in [-0.2, 0) is 0 Å². The second-order valence-corrected chi connectivity index (χ2v) is 0.764. The number of rotatable bonds is 1. The summed E-state index contributed by atoms with van der Waals surface area (Å²) in [5, 5.41) is 2.02. The lowest BCUT2D eigenvalue weighted by Gasteiger charge is -1.97. The molecule has 0 aromatic carbocycles. The molecule has 5 nitrogen and oxygen atoms in total. The van der Waals surface area contributed by atoms with Gasteiger partial charge in [0.2, 0.25) is 0 Å². The Morgan fingerprint density at radius 3 is 3.00 bits per heavy atom. The monoisotopic (exact) mass is 106 g/mol. The molecule has 0 saturated heterocycles. The lowest BCUT2D eigenvalue weighted by Crippen LogP contribution is -2.26. The van der Waals surface area contributed by atoms with Gasteiger partial charge < -0.3 is 5.73 Å². The molecule has 1 atom stereocenters. The lowest BCUT2D eigenvalue weighted by molar-refractivity contribution is 0.220. The predicted molar refractivity (Wildman–Crippen MR) is 23.1 cm³/mol. The Hall–Kier alpha value is -1.13. The zero-order valence-electron chi connectivity index (χ0n) is 5.37. The summed E-state index contributed by atoms with van der Waals surface area (Å²) in [6, 6.07) is -1.19. The fourth-order valence-corrected chi connectivity index (χ4v) is 0.0402. The SMILES string of the molecule is [2H][C@H]([3H])N(N=O)C(N)=O. The minimum absolute atomic E-state index is 0. The lowest BCUT2D eigenvalue weighted by atomic mass is 11.0. The fraction of sp³-hybridized carbons (Fsp3) is 0.500. The van der Waals surface area contributed by atoms with Gasteiger partial charge in [0.25, 0.3) is 0 Å². The Bertz CT molecular complexity index is 127. The molecule has 0 fully saturated rings. The van der Waals surface area contributed by atoms with Gasteiger partial charge in [-0.25, -0.2) is 4.79 Å². The van der Waals surface area contributed by atoms with Crippen LogP contribution in [0.2, 0.25) is 0 Å². The largest absolute Gasteiger partial charge is 0.350 e. The van der Waals surface area contributed by atoms with E-state index in [1.807, 2.05) is 5.29 Å². The molecule has 0 heterocycles. The van der Waals surface area contributed by atoms with Crippen molar-refractivity contribution in [3.8, 4) is 0 Å². The molecule has 0 aromatic rings. The molecular weight excluding hydrogens is 98.0 g/mol. The second-order valence-electron chi connectivity index (χ2n) is 0.764. The van der Waals surface area contributed by atoms with Crippen molar-refractivity contribution < 1.29 is 7.54 Å². The van der Waals surface area contributed by atoms with E-state index in [0.717, 1.165) is 0 Å². The van der Waals surface area contributed by atoms with E-state index in [1.54, 1.807) is 0 Å². The van der Waals surface area contributed by atoms with Crippen molar-refractivity contribution in [2.45, 2.75) is 0 Å². The van der Waals surface area contributed by atoms with Crippen molar-refractivity contribution in [3.63, 3.8) is 0 Å². The number of hydrogen-bond acceptors (Lipinski definition) is 3. The number of hydrogen-bond donors (Lipinski definition) is 1. The number of carbonyl (C=O) groups excluding carboxylic acids is 1. The zero-order chi connectivity index (χ0) is 7.44. The van der Waals surface area contributed by atoms with Gasteiger partial charge in [-0.1, -0.05) is 0 Å². The first kappa shape index (κ1) is 2.95. The van der Waals surface area contributed by atoms with Crippen molar-refractivity contribution in [2.24, 2.45) is 11.0 Å². The third-order valence-corrected chi connectivity index (χ3v) is 0.314. The second kappa shape index (κ2) is 2.12. The summed E-state index contributed by atoms with van der Waals surface area (Å²) in [6.07, 6.45) is 0. The standard InChI is InChI=1S/C2H5N3O2/c1-5(4-7)2(3)6/h1H3,(H2,3,6)/i1TD/t1-/m1/s1. The summed E-state index contributed by atoms with van der Waals surface area (Å²) < 4.78 is 12.9. The molecule has 0 aliphatic carbocycles. The Labute approximate surface area is 42.8 Å². The molecule has 0 unspecified atom stereocenters. The van der Waals surface area contributed by atoms with Crippen LogP contribution < -0.4 is 5.73 Å². The van der Waals surface area contributed by atoms with Crippen LogP contribution in [0.15, 0.2) is 5.29 Å². The van der Waals surface area contributed by atoms with E-state index in [4.69, 9.17) is 2.74 Å². The summed E-state index contributed by atoms with van der Waals surface area (Å²) in [4.78, 5) is 19.5. The molecule has 0 spiro atoms. The number of nitrogens with two attached hydrogens (primary N) is 1. The molecule has 0 aromatic heterocycles. The molecule has 5 heteroatoms. The molecule has 2 amide bonds. The Kier molecular flexibility index (Phi) is 0.892. The molecule has 0 radical (unpaired) electrons. The molecule has 7 heavy (non-hydrogen) atoms. The van der Waals surface area contributed by atoms with E-state index in [9.17, 15) is 9.70 Å². The first-order chi connectivity index (χ1) is 4.09. The molecule has 0 saturated carbocycles. The molecule has 0 aliphatic rings. The predicted octanol–water partition coefficient (Wildman–Crippen LogP) is -0.322. The van der Waals surface area contributed by atoms with E-state index in [-0.39, 0.29) is 5.01 Å². The molecule has 0 aliphatic heterocycles. The number of nitroso groups, excluding NO2 is 1. The van der Waals surface area contributed by atoms with Crippen molar-refractivity contribution in [1.29, 1.82) is 0 Å². The van der Waals surface area contributed by atoms with Gasteiger partial charge in [0.1, 0.15) is 0 Å². The summed E-state index contributed by atoms with van der Waals surface area (Å²) in [5.41, 5.74) is 4.50. The summed E-state index contributed by atoms with van der Waals surface area (Å²) in [7, 11) is 0. The number of amides is 2. The highest BCUT2D eigenvalue weighted by atomic mass is 16.3. The maximum atomic E-state index is 9.99. The van der Waals surface area contributed by atoms with Crippen LogP contribution in [0.5, 0.6) is 0 Å². The normalized spacial score (nSPS) is 16.0. The van der Waals surface area contributed by atoms with Crippen LogP contribution in [0, 0.1) is 4.91 Å². The molecule has 0 rings (SSSR count). The minimum Gasteiger partial charge on any atom is -0.350 e. The maximum Gasteiger partial charge on any atom is 0.337 e. The Balaban J connectivity index is 3.98. The highest BCUT2D eigenvalue weighted by molar-refractivity contribution is 5.70. The molecule has 0 bridgehead atoms. The van der Waals surface area contributed by atoms with Crippen molar-refractivity contribution in [3.05, 3.63) is 4.91 Å². The fourth-order valence-electron chi connectivity index (χ4n) is 0.0402. The van der Waals surface area contributed by atoms with Crippen molar-refractivity contribution >= 4 is 6.03 Å². The molecule has 40 valence electrons. The zero-order valence-corrected chi connectivity index (χ0v) is 3.37. The van der Waals surface area contributed by atoms with Crippen LogP contribution in [-0.4, -0.2) is 18.0 Å². The van der Waals surface area contributed by atoms with E-state index < -0.39 is 13.0 Å². The highest BCUT2D eigenvalue weighted by Crippen LogP contribution is 1.76.